The Balaban J connectivity index is 2.00. The second kappa shape index (κ2) is 4.55. The summed E-state index contributed by atoms with van der Waals surface area (Å²) >= 11 is 4.82. The third-order valence-electron chi connectivity index (χ3n) is 2.32. The highest BCUT2D eigenvalue weighted by atomic mass is 32.1. The fourth-order valence-corrected chi connectivity index (χ4v) is 1.63. The molecule has 1 aromatic heterocycles. The lowest BCUT2D eigenvalue weighted by Crippen LogP contribution is -2.19. The number of nitrogens with one attached hydrogen (secondary N) is 1. The van der Waals surface area contributed by atoms with Crippen LogP contribution < -0.4 is 11.1 Å². The van der Waals surface area contributed by atoms with E-state index in [0.29, 0.717) is 16.7 Å². The molecule has 2 rings (SSSR count). The van der Waals surface area contributed by atoms with Gasteiger partial charge in [-0.3, -0.25) is 4.98 Å². The molecule has 4 nitrogen and oxygen atoms in total. The van der Waals surface area contributed by atoms with Crippen LogP contribution in [0.15, 0.2) is 18.3 Å². The molecule has 2 heterocycles. The van der Waals surface area contributed by atoms with Crippen LogP contribution in [0.1, 0.15) is 12.1 Å². The molecule has 1 aromatic rings. The van der Waals surface area contributed by atoms with Crippen molar-refractivity contribution in [2.24, 2.45) is 5.73 Å². The van der Waals surface area contributed by atoms with Gasteiger partial charge in [-0.15, -0.1) is 0 Å². The summed E-state index contributed by atoms with van der Waals surface area (Å²) < 4.78 is 5.27. The van der Waals surface area contributed by atoms with Gasteiger partial charge < -0.3 is 15.8 Å². The molecule has 5 heteroatoms. The quantitative estimate of drug-likeness (QED) is 0.746. The fourth-order valence-electron chi connectivity index (χ4n) is 1.51. The molecule has 3 N–H and O–H groups in total. The summed E-state index contributed by atoms with van der Waals surface area (Å²) in [5.74, 6) is 0. The Morgan fingerprint density at radius 3 is 3.00 bits per heavy atom. The first-order chi connectivity index (χ1) is 7.25. The smallest absolute Gasteiger partial charge is 0.122 e. The number of hydrogen-bond acceptors (Lipinski definition) is 4. The maximum atomic E-state index is 5.46. The van der Waals surface area contributed by atoms with Crippen LogP contribution in [-0.4, -0.2) is 29.2 Å². The maximum Gasteiger partial charge on any atom is 0.122 e. The van der Waals surface area contributed by atoms with Gasteiger partial charge in [0.1, 0.15) is 4.99 Å². The van der Waals surface area contributed by atoms with Gasteiger partial charge >= 0.3 is 0 Å². The summed E-state index contributed by atoms with van der Waals surface area (Å²) in [6.45, 7) is 1.59. The Kier molecular flexibility index (Phi) is 3.13. The molecular formula is C10H13N3OS. The van der Waals surface area contributed by atoms with Gasteiger partial charge in [-0.1, -0.05) is 12.2 Å². The molecule has 0 amide bonds. The van der Waals surface area contributed by atoms with Gasteiger partial charge in [0.2, 0.25) is 0 Å². The zero-order chi connectivity index (χ0) is 10.7. The van der Waals surface area contributed by atoms with E-state index in [-0.39, 0.29) is 0 Å². The molecule has 0 aliphatic carbocycles. The number of hydrogen-bond donors (Lipinski definition) is 2. The van der Waals surface area contributed by atoms with Crippen molar-refractivity contribution in [1.82, 2.24) is 4.98 Å². The number of anilines is 1. The Bertz CT molecular complexity index is 346. The minimum atomic E-state index is 0.325. The van der Waals surface area contributed by atoms with Crippen molar-refractivity contribution in [3.8, 4) is 0 Å². The van der Waals surface area contributed by atoms with E-state index in [9.17, 15) is 0 Å². The van der Waals surface area contributed by atoms with Crippen LogP contribution in [0.2, 0.25) is 0 Å². The average Bonchev–Trinajstić information content (AvgIpc) is 2.71. The number of rotatable bonds is 3. The number of nitrogens with zero attached hydrogens (tertiary/aromatic N) is 1. The van der Waals surface area contributed by atoms with E-state index in [1.165, 1.54) is 0 Å². The lowest BCUT2D eigenvalue weighted by Gasteiger charge is -2.11. The number of ether oxygens (including phenoxy) is 1. The van der Waals surface area contributed by atoms with Gasteiger partial charge in [0, 0.05) is 6.61 Å². The van der Waals surface area contributed by atoms with E-state index in [2.05, 4.69) is 10.3 Å². The summed E-state index contributed by atoms with van der Waals surface area (Å²) in [5.41, 5.74) is 7.08. The van der Waals surface area contributed by atoms with Crippen LogP contribution in [0.3, 0.4) is 0 Å². The minimum absolute atomic E-state index is 0.325. The molecule has 15 heavy (non-hydrogen) atoms. The Morgan fingerprint density at radius 2 is 2.47 bits per heavy atom. The third kappa shape index (κ3) is 2.64. The second-order valence-corrected chi connectivity index (χ2v) is 3.94. The summed E-state index contributed by atoms with van der Waals surface area (Å²) in [6.07, 6.45) is 2.78. The lowest BCUT2D eigenvalue weighted by molar-refractivity contribution is 0.195. The zero-order valence-electron chi connectivity index (χ0n) is 8.27. The van der Waals surface area contributed by atoms with Crippen molar-refractivity contribution in [3.63, 3.8) is 0 Å². The van der Waals surface area contributed by atoms with Gasteiger partial charge in [-0.2, -0.15) is 0 Å². The average molecular weight is 223 g/mol. The molecule has 0 bridgehead atoms. The van der Waals surface area contributed by atoms with E-state index in [1.807, 2.05) is 12.1 Å². The molecule has 0 aromatic carbocycles. The first-order valence-electron chi connectivity index (χ1n) is 4.86. The van der Waals surface area contributed by atoms with Gasteiger partial charge in [0.15, 0.2) is 0 Å². The molecule has 1 fully saturated rings. The zero-order valence-corrected chi connectivity index (χ0v) is 9.09. The van der Waals surface area contributed by atoms with Crippen LogP contribution >= 0.6 is 12.2 Å². The third-order valence-corrected chi connectivity index (χ3v) is 2.53. The SMILES string of the molecule is NC(=S)c1ccc(NC2CCOC2)cn1. The van der Waals surface area contributed by atoms with Crippen molar-refractivity contribution in [2.75, 3.05) is 18.5 Å². The number of thiocarbonyl (C=S) groups is 1. The van der Waals surface area contributed by atoms with Crippen molar-refractivity contribution in [1.29, 1.82) is 0 Å². The first kappa shape index (κ1) is 10.3. The Labute approximate surface area is 93.8 Å². The standard InChI is InChI=1S/C10H13N3OS/c11-10(15)9-2-1-7(5-12-9)13-8-3-4-14-6-8/h1-2,5,8,13H,3-4,6H2,(H2,11,15). The molecular weight excluding hydrogens is 210 g/mol. The number of nitrogens with two attached hydrogens (primary N) is 1. The van der Waals surface area contributed by atoms with Crippen molar-refractivity contribution in [3.05, 3.63) is 24.0 Å². The predicted molar refractivity (Wildman–Crippen MR) is 63.0 cm³/mol. The second-order valence-electron chi connectivity index (χ2n) is 3.50. The van der Waals surface area contributed by atoms with Gasteiger partial charge in [0.25, 0.3) is 0 Å². The molecule has 1 saturated heterocycles. The number of pyridine rings is 1. The highest BCUT2D eigenvalue weighted by Crippen LogP contribution is 2.12. The molecule has 1 aliphatic rings. The highest BCUT2D eigenvalue weighted by Gasteiger charge is 2.14. The molecule has 0 saturated carbocycles. The molecule has 80 valence electrons. The fraction of sp³-hybridized carbons (Fsp3) is 0.400. The monoisotopic (exact) mass is 223 g/mol. The number of aromatic nitrogens is 1. The maximum absolute atomic E-state index is 5.46. The summed E-state index contributed by atoms with van der Waals surface area (Å²) in [6, 6.07) is 4.14. The van der Waals surface area contributed by atoms with E-state index >= 15 is 0 Å². The minimum Gasteiger partial charge on any atom is -0.388 e. The molecule has 0 spiro atoms. The predicted octanol–water partition coefficient (Wildman–Crippen LogP) is 0.917. The van der Waals surface area contributed by atoms with Gasteiger partial charge in [0.05, 0.1) is 30.2 Å². The van der Waals surface area contributed by atoms with Gasteiger partial charge in [-0.25, -0.2) is 0 Å². The van der Waals surface area contributed by atoms with Crippen molar-refractivity contribution in [2.45, 2.75) is 12.5 Å². The van der Waals surface area contributed by atoms with Crippen LogP contribution in [0.25, 0.3) is 0 Å². The van der Waals surface area contributed by atoms with E-state index in [4.69, 9.17) is 22.7 Å². The normalized spacial score (nSPS) is 20.1. The van der Waals surface area contributed by atoms with Crippen LogP contribution in [-0.2, 0) is 4.74 Å². The molecule has 1 aliphatic heterocycles. The van der Waals surface area contributed by atoms with Gasteiger partial charge in [-0.05, 0) is 18.6 Å². The largest absolute Gasteiger partial charge is 0.388 e. The summed E-state index contributed by atoms with van der Waals surface area (Å²) in [5, 5.41) is 3.34. The first-order valence-corrected chi connectivity index (χ1v) is 5.26. The Hall–Kier alpha value is -1.20. The van der Waals surface area contributed by atoms with Crippen molar-refractivity contribution >= 4 is 22.9 Å². The lowest BCUT2D eigenvalue weighted by atomic mass is 10.2. The molecule has 1 unspecified atom stereocenters. The topological polar surface area (TPSA) is 60.2 Å². The van der Waals surface area contributed by atoms with E-state index in [0.717, 1.165) is 25.3 Å². The summed E-state index contributed by atoms with van der Waals surface area (Å²) in [4.78, 5) is 4.48. The summed E-state index contributed by atoms with van der Waals surface area (Å²) in [7, 11) is 0. The van der Waals surface area contributed by atoms with E-state index in [1.54, 1.807) is 6.20 Å². The van der Waals surface area contributed by atoms with Crippen molar-refractivity contribution < 1.29 is 4.74 Å². The highest BCUT2D eigenvalue weighted by molar-refractivity contribution is 7.80. The molecule has 1 atom stereocenters. The Morgan fingerprint density at radius 1 is 1.60 bits per heavy atom. The molecule has 0 radical (unpaired) electrons. The van der Waals surface area contributed by atoms with Crippen LogP contribution in [0, 0.1) is 0 Å². The van der Waals surface area contributed by atoms with E-state index < -0.39 is 0 Å². The van der Waals surface area contributed by atoms with Crippen LogP contribution in [0.4, 0.5) is 5.69 Å². The van der Waals surface area contributed by atoms with Crippen LogP contribution in [0.5, 0.6) is 0 Å².